The van der Waals surface area contributed by atoms with Gasteiger partial charge in [0.1, 0.15) is 11.6 Å². The number of nitrogens with zero attached hydrogens (tertiary/aromatic N) is 1. The second kappa shape index (κ2) is 7.63. The average molecular weight is 390 g/mol. The Morgan fingerprint density at radius 3 is 2.35 bits per heavy atom. The molecule has 6 nitrogen and oxygen atoms in total. The molecule has 3 rings (SSSR count). The van der Waals surface area contributed by atoms with Gasteiger partial charge in [-0.3, -0.25) is 4.72 Å². The molecule has 3 aromatic rings. The second-order valence-corrected chi connectivity index (χ2v) is 7.41. The average Bonchev–Trinajstić information content (AvgIpc) is 2.64. The van der Waals surface area contributed by atoms with E-state index in [0.29, 0.717) is 16.5 Å². The molecule has 0 atom stereocenters. The number of hydrogen-bond donors (Lipinski definition) is 2. The zero-order valence-electron chi connectivity index (χ0n) is 13.8. The van der Waals surface area contributed by atoms with Crippen LogP contribution < -0.4 is 14.8 Å². The summed E-state index contributed by atoms with van der Waals surface area (Å²) in [6, 6.07) is 16.7. The highest BCUT2D eigenvalue weighted by Crippen LogP contribution is 2.28. The highest BCUT2D eigenvalue weighted by molar-refractivity contribution is 7.92. The molecule has 26 heavy (non-hydrogen) atoms. The Balaban J connectivity index is 1.72. The van der Waals surface area contributed by atoms with Crippen LogP contribution in [0.2, 0.25) is 5.02 Å². The SMILES string of the molecule is COc1ccc(Nc2ccc(NS(=O)(=O)c3ccccc3)nc2)cc1Cl. The first-order chi connectivity index (χ1) is 12.5. The van der Waals surface area contributed by atoms with E-state index in [1.165, 1.54) is 18.3 Å². The van der Waals surface area contributed by atoms with Crippen LogP contribution in [0.1, 0.15) is 0 Å². The molecule has 1 aromatic heterocycles. The summed E-state index contributed by atoms with van der Waals surface area (Å²) < 4.78 is 32.1. The molecule has 8 heteroatoms. The molecule has 0 aliphatic heterocycles. The molecule has 0 saturated heterocycles. The zero-order valence-corrected chi connectivity index (χ0v) is 15.4. The van der Waals surface area contributed by atoms with Gasteiger partial charge in [-0.1, -0.05) is 29.8 Å². The summed E-state index contributed by atoms with van der Waals surface area (Å²) in [5.74, 6) is 0.813. The van der Waals surface area contributed by atoms with E-state index in [4.69, 9.17) is 16.3 Å². The summed E-state index contributed by atoms with van der Waals surface area (Å²) in [5, 5.41) is 3.62. The van der Waals surface area contributed by atoms with Crippen molar-refractivity contribution in [1.29, 1.82) is 0 Å². The smallest absolute Gasteiger partial charge is 0.263 e. The fourth-order valence-corrected chi connectivity index (χ4v) is 3.52. The first kappa shape index (κ1) is 18.0. The van der Waals surface area contributed by atoms with Crippen molar-refractivity contribution in [2.24, 2.45) is 0 Å². The van der Waals surface area contributed by atoms with E-state index in [-0.39, 0.29) is 10.7 Å². The predicted octanol–water partition coefficient (Wildman–Crippen LogP) is 4.29. The highest BCUT2D eigenvalue weighted by atomic mass is 35.5. The number of anilines is 3. The van der Waals surface area contributed by atoms with E-state index in [1.54, 1.807) is 49.6 Å². The zero-order chi connectivity index (χ0) is 18.6. The molecule has 134 valence electrons. The first-order valence-corrected chi connectivity index (χ1v) is 9.48. The number of hydrogen-bond acceptors (Lipinski definition) is 5. The van der Waals surface area contributed by atoms with E-state index in [1.807, 2.05) is 6.07 Å². The molecule has 0 unspecified atom stereocenters. The van der Waals surface area contributed by atoms with Crippen LogP contribution >= 0.6 is 11.6 Å². The van der Waals surface area contributed by atoms with Gasteiger partial charge < -0.3 is 10.1 Å². The first-order valence-electron chi connectivity index (χ1n) is 7.62. The van der Waals surface area contributed by atoms with Crippen LogP contribution in [-0.2, 0) is 10.0 Å². The molecule has 0 bridgehead atoms. The molecular formula is C18H16ClN3O3S. The molecule has 2 N–H and O–H groups in total. The van der Waals surface area contributed by atoms with Crippen molar-refractivity contribution >= 4 is 38.8 Å². The second-order valence-electron chi connectivity index (χ2n) is 5.32. The molecule has 0 spiro atoms. The van der Waals surface area contributed by atoms with Gasteiger partial charge >= 0.3 is 0 Å². The number of rotatable bonds is 6. The van der Waals surface area contributed by atoms with E-state index in [9.17, 15) is 8.42 Å². The van der Waals surface area contributed by atoms with Crippen molar-refractivity contribution in [2.45, 2.75) is 4.90 Å². The van der Waals surface area contributed by atoms with Crippen molar-refractivity contribution in [2.75, 3.05) is 17.1 Å². The third kappa shape index (κ3) is 4.25. The highest BCUT2D eigenvalue weighted by Gasteiger charge is 2.14. The lowest BCUT2D eigenvalue weighted by atomic mass is 10.3. The van der Waals surface area contributed by atoms with E-state index < -0.39 is 10.0 Å². The number of ether oxygens (including phenoxy) is 1. The van der Waals surface area contributed by atoms with E-state index in [0.717, 1.165) is 5.69 Å². The maximum absolute atomic E-state index is 12.3. The van der Waals surface area contributed by atoms with Gasteiger partial charge in [-0.2, -0.15) is 0 Å². The Morgan fingerprint density at radius 2 is 1.73 bits per heavy atom. The molecule has 0 aliphatic rings. The third-order valence-electron chi connectivity index (χ3n) is 3.50. The van der Waals surface area contributed by atoms with Gasteiger partial charge in [-0.15, -0.1) is 0 Å². The lowest BCUT2D eigenvalue weighted by Gasteiger charge is -2.10. The number of aromatic nitrogens is 1. The Kier molecular flexibility index (Phi) is 5.29. The Labute approximate surface area is 156 Å². The van der Waals surface area contributed by atoms with E-state index >= 15 is 0 Å². The molecule has 1 heterocycles. The molecule has 0 amide bonds. The number of halogens is 1. The fraction of sp³-hybridized carbons (Fsp3) is 0.0556. The van der Waals surface area contributed by atoms with Gasteiger partial charge in [-0.05, 0) is 42.5 Å². The summed E-state index contributed by atoms with van der Waals surface area (Å²) in [6.07, 6.45) is 1.53. The summed E-state index contributed by atoms with van der Waals surface area (Å²) >= 11 is 6.09. The van der Waals surface area contributed by atoms with Crippen LogP contribution in [0.5, 0.6) is 5.75 Å². The Bertz CT molecular complexity index is 994. The number of methoxy groups -OCH3 is 1. The molecule has 0 saturated carbocycles. The van der Waals surface area contributed by atoms with Gasteiger partial charge in [0, 0.05) is 5.69 Å². The quantitative estimate of drug-likeness (QED) is 0.657. The minimum Gasteiger partial charge on any atom is -0.495 e. The molecule has 0 radical (unpaired) electrons. The normalized spacial score (nSPS) is 11.0. The van der Waals surface area contributed by atoms with Gasteiger partial charge in [0.25, 0.3) is 10.0 Å². The predicted molar refractivity (Wildman–Crippen MR) is 103 cm³/mol. The summed E-state index contributed by atoms with van der Waals surface area (Å²) in [4.78, 5) is 4.31. The third-order valence-corrected chi connectivity index (χ3v) is 5.16. The summed E-state index contributed by atoms with van der Waals surface area (Å²) in [6.45, 7) is 0. The molecular weight excluding hydrogens is 374 g/mol. The number of sulfonamides is 1. The Hall–Kier alpha value is -2.77. The van der Waals surface area contributed by atoms with Crippen LogP contribution in [0, 0.1) is 0 Å². The number of pyridine rings is 1. The van der Waals surface area contributed by atoms with Crippen LogP contribution in [-0.4, -0.2) is 20.5 Å². The van der Waals surface area contributed by atoms with Crippen molar-refractivity contribution in [1.82, 2.24) is 4.98 Å². The lowest BCUT2D eigenvalue weighted by Crippen LogP contribution is -2.13. The van der Waals surface area contributed by atoms with Gasteiger partial charge in [0.2, 0.25) is 0 Å². The van der Waals surface area contributed by atoms with Gasteiger partial charge in [0.05, 0.1) is 28.9 Å². The van der Waals surface area contributed by atoms with Crippen LogP contribution in [0.15, 0.2) is 71.8 Å². The number of nitrogens with one attached hydrogen (secondary N) is 2. The van der Waals surface area contributed by atoms with Crippen LogP contribution in [0.3, 0.4) is 0 Å². The largest absolute Gasteiger partial charge is 0.495 e. The minimum absolute atomic E-state index is 0.178. The van der Waals surface area contributed by atoms with Crippen LogP contribution in [0.4, 0.5) is 17.2 Å². The van der Waals surface area contributed by atoms with Crippen molar-refractivity contribution < 1.29 is 13.2 Å². The standard InChI is InChI=1S/C18H16ClN3O3S/c1-25-17-9-7-13(11-16(17)19)21-14-8-10-18(20-12-14)22-26(23,24)15-5-3-2-4-6-15/h2-12,21H,1H3,(H,20,22). The fourth-order valence-electron chi connectivity index (χ4n) is 2.24. The monoisotopic (exact) mass is 389 g/mol. The molecule has 0 fully saturated rings. The summed E-state index contributed by atoms with van der Waals surface area (Å²) in [5.41, 5.74) is 1.45. The van der Waals surface area contributed by atoms with Crippen molar-refractivity contribution in [3.8, 4) is 5.75 Å². The Morgan fingerprint density at radius 1 is 1.00 bits per heavy atom. The van der Waals surface area contributed by atoms with Crippen LogP contribution in [0.25, 0.3) is 0 Å². The molecule has 0 aliphatic carbocycles. The van der Waals surface area contributed by atoms with Crippen molar-refractivity contribution in [3.05, 3.63) is 71.9 Å². The topological polar surface area (TPSA) is 80.3 Å². The number of benzene rings is 2. The minimum atomic E-state index is -3.66. The van der Waals surface area contributed by atoms with Crippen molar-refractivity contribution in [3.63, 3.8) is 0 Å². The van der Waals surface area contributed by atoms with Gasteiger partial charge in [-0.25, -0.2) is 13.4 Å². The maximum Gasteiger partial charge on any atom is 0.263 e. The van der Waals surface area contributed by atoms with E-state index in [2.05, 4.69) is 15.0 Å². The maximum atomic E-state index is 12.3. The lowest BCUT2D eigenvalue weighted by molar-refractivity contribution is 0.415. The molecule has 2 aromatic carbocycles. The summed E-state index contributed by atoms with van der Waals surface area (Å²) in [7, 11) is -2.11. The van der Waals surface area contributed by atoms with Gasteiger partial charge in [0.15, 0.2) is 0 Å².